The summed E-state index contributed by atoms with van der Waals surface area (Å²) in [5, 5.41) is 8.99. The lowest BCUT2D eigenvalue weighted by molar-refractivity contribution is 0.529. The van der Waals surface area contributed by atoms with E-state index in [0.717, 1.165) is 24.9 Å². The number of hydrogen-bond donors (Lipinski definition) is 1. The molecule has 5 heteroatoms. The largest absolute Gasteiger partial charge is 0.310 e. The number of benzene rings is 1. The highest BCUT2D eigenvalue weighted by atomic mass is 35.5. The molecule has 1 unspecified atom stereocenters. The molecule has 0 radical (unpaired) electrons. The summed E-state index contributed by atoms with van der Waals surface area (Å²) in [4.78, 5) is 0. The van der Waals surface area contributed by atoms with E-state index in [1.54, 1.807) is 0 Å². The van der Waals surface area contributed by atoms with Gasteiger partial charge in [-0.3, -0.25) is 4.68 Å². The van der Waals surface area contributed by atoms with Crippen molar-refractivity contribution >= 4 is 23.2 Å². The fraction of sp³-hybridized carbons (Fsp3) is 0.400. The van der Waals surface area contributed by atoms with Gasteiger partial charge in [0.2, 0.25) is 0 Å². The summed E-state index contributed by atoms with van der Waals surface area (Å²) in [6, 6.07) is 6.03. The second kappa shape index (κ2) is 7.11. The number of hydrogen-bond acceptors (Lipinski definition) is 2. The molecular formula is C15H19Cl2N3. The van der Waals surface area contributed by atoms with Gasteiger partial charge in [-0.1, -0.05) is 36.2 Å². The zero-order valence-electron chi connectivity index (χ0n) is 11.7. The Balaban J connectivity index is 2.16. The maximum Gasteiger partial charge on any atom is 0.0595 e. The molecule has 1 aromatic heterocycles. The van der Waals surface area contributed by atoms with Crippen LogP contribution in [-0.4, -0.2) is 16.3 Å². The average Bonchev–Trinajstić information content (AvgIpc) is 2.85. The van der Waals surface area contributed by atoms with Crippen LogP contribution in [0.15, 0.2) is 30.6 Å². The lowest BCUT2D eigenvalue weighted by Crippen LogP contribution is -2.23. The third kappa shape index (κ3) is 3.98. The molecule has 0 aliphatic heterocycles. The van der Waals surface area contributed by atoms with Gasteiger partial charge in [-0.05, 0) is 37.1 Å². The van der Waals surface area contributed by atoms with Crippen molar-refractivity contribution in [3.05, 3.63) is 51.8 Å². The summed E-state index contributed by atoms with van der Waals surface area (Å²) in [6.07, 6.45) is 5.91. The highest BCUT2D eigenvalue weighted by Crippen LogP contribution is 2.25. The molecule has 20 heavy (non-hydrogen) atoms. The summed E-state index contributed by atoms with van der Waals surface area (Å²) in [7, 11) is 1.93. The van der Waals surface area contributed by atoms with Gasteiger partial charge in [-0.25, -0.2) is 0 Å². The molecule has 1 N–H and O–H groups in total. The van der Waals surface area contributed by atoms with Crippen molar-refractivity contribution in [2.24, 2.45) is 7.05 Å². The van der Waals surface area contributed by atoms with E-state index < -0.39 is 0 Å². The highest BCUT2D eigenvalue weighted by Gasteiger charge is 2.14. The molecule has 3 nitrogen and oxygen atoms in total. The van der Waals surface area contributed by atoms with E-state index in [1.807, 2.05) is 42.3 Å². The average molecular weight is 312 g/mol. The van der Waals surface area contributed by atoms with Gasteiger partial charge in [0.1, 0.15) is 0 Å². The van der Waals surface area contributed by atoms with Gasteiger partial charge in [0.25, 0.3) is 0 Å². The van der Waals surface area contributed by atoms with E-state index in [0.29, 0.717) is 10.0 Å². The Morgan fingerprint density at radius 1 is 1.30 bits per heavy atom. The lowest BCUT2D eigenvalue weighted by atomic mass is 10.0. The zero-order chi connectivity index (χ0) is 14.5. The molecule has 0 aliphatic carbocycles. The van der Waals surface area contributed by atoms with Crippen molar-refractivity contribution in [3.8, 4) is 0 Å². The maximum absolute atomic E-state index is 6.08. The van der Waals surface area contributed by atoms with Crippen molar-refractivity contribution < 1.29 is 0 Å². The maximum atomic E-state index is 6.08. The number of aryl methyl sites for hydroxylation is 1. The standard InChI is InChI=1S/C15H19Cl2N3/c1-3-6-18-15(12-9-19-20(2)10-12)8-11-4-5-13(16)14(17)7-11/h4-5,7,9-10,15,18H,3,6,8H2,1-2H3. The molecule has 1 heterocycles. The smallest absolute Gasteiger partial charge is 0.0595 e. The van der Waals surface area contributed by atoms with Crippen LogP contribution in [0.5, 0.6) is 0 Å². The number of aromatic nitrogens is 2. The van der Waals surface area contributed by atoms with Gasteiger partial charge in [0.15, 0.2) is 0 Å². The molecule has 0 saturated carbocycles. The Morgan fingerprint density at radius 3 is 2.70 bits per heavy atom. The topological polar surface area (TPSA) is 29.9 Å². The Hall–Kier alpha value is -1.03. The van der Waals surface area contributed by atoms with Crippen LogP contribution >= 0.6 is 23.2 Å². The quantitative estimate of drug-likeness (QED) is 0.873. The summed E-state index contributed by atoms with van der Waals surface area (Å²) in [6.45, 7) is 3.13. The van der Waals surface area contributed by atoms with Gasteiger partial charge in [-0.2, -0.15) is 5.10 Å². The second-order valence-corrected chi connectivity index (χ2v) is 5.72. The first-order valence-corrected chi connectivity index (χ1v) is 7.51. The van der Waals surface area contributed by atoms with Gasteiger partial charge in [0, 0.05) is 24.8 Å². The van der Waals surface area contributed by atoms with Crippen molar-refractivity contribution in [1.82, 2.24) is 15.1 Å². The minimum Gasteiger partial charge on any atom is -0.310 e. The zero-order valence-corrected chi connectivity index (χ0v) is 13.2. The predicted molar refractivity (Wildman–Crippen MR) is 84.4 cm³/mol. The third-order valence-corrected chi connectivity index (χ3v) is 3.93. The molecule has 0 fully saturated rings. The van der Waals surface area contributed by atoms with E-state index in [1.165, 1.54) is 5.56 Å². The molecule has 0 bridgehead atoms. The van der Waals surface area contributed by atoms with Crippen LogP contribution in [0.4, 0.5) is 0 Å². The summed E-state index contributed by atoms with van der Waals surface area (Å²) in [5.41, 5.74) is 2.35. The fourth-order valence-electron chi connectivity index (χ4n) is 2.15. The Bertz CT molecular complexity index is 566. The normalized spacial score (nSPS) is 12.6. The van der Waals surface area contributed by atoms with Crippen LogP contribution in [0.25, 0.3) is 0 Å². The molecule has 0 saturated heterocycles. The van der Waals surface area contributed by atoms with Gasteiger partial charge >= 0.3 is 0 Å². The van der Waals surface area contributed by atoms with E-state index in [4.69, 9.17) is 23.2 Å². The van der Waals surface area contributed by atoms with Gasteiger partial charge in [-0.15, -0.1) is 0 Å². The first kappa shape index (κ1) is 15.4. The SMILES string of the molecule is CCCNC(Cc1ccc(Cl)c(Cl)c1)c1cnn(C)c1. The summed E-state index contributed by atoms with van der Waals surface area (Å²) in [5.74, 6) is 0. The first-order chi connectivity index (χ1) is 9.60. The van der Waals surface area contributed by atoms with Crippen molar-refractivity contribution in [2.75, 3.05) is 6.54 Å². The van der Waals surface area contributed by atoms with Crippen LogP contribution in [0, 0.1) is 0 Å². The Labute approximate surface area is 129 Å². The van der Waals surface area contributed by atoms with Gasteiger partial charge < -0.3 is 5.32 Å². The van der Waals surface area contributed by atoms with Crippen molar-refractivity contribution in [3.63, 3.8) is 0 Å². The fourth-order valence-corrected chi connectivity index (χ4v) is 2.47. The number of nitrogens with zero attached hydrogens (tertiary/aromatic N) is 2. The van der Waals surface area contributed by atoms with Crippen LogP contribution in [-0.2, 0) is 13.5 Å². The van der Waals surface area contributed by atoms with E-state index in [-0.39, 0.29) is 6.04 Å². The molecular weight excluding hydrogens is 293 g/mol. The molecule has 108 valence electrons. The molecule has 0 amide bonds. The van der Waals surface area contributed by atoms with Crippen LogP contribution in [0.2, 0.25) is 10.0 Å². The lowest BCUT2D eigenvalue weighted by Gasteiger charge is -2.17. The molecule has 2 aromatic rings. The molecule has 1 aromatic carbocycles. The minimum atomic E-state index is 0.237. The van der Waals surface area contributed by atoms with Crippen molar-refractivity contribution in [1.29, 1.82) is 0 Å². The molecule has 0 spiro atoms. The number of halogens is 2. The number of rotatable bonds is 6. The Morgan fingerprint density at radius 2 is 2.10 bits per heavy atom. The summed E-state index contributed by atoms with van der Waals surface area (Å²) < 4.78 is 1.82. The second-order valence-electron chi connectivity index (χ2n) is 4.91. The molecule has 0 aliphatic rings. The number of nitrogens with one attached hydrogen (secondary N) is 1. The minimum absolute atomic E-state index is 0.237. The van der Waals surface area contributed by atoms with Crippen LogP contribution in [0.1, 0.15) is 30.5 Å². The predicted octanol–water partition coefficient (Wildman–Crippen LogP) is 4.01. The van der Waals surface area contributed by atoms with E-state index in [2.05, 4.69) is 17.3 Å². The highest BCUT2D eigenvalue weighted by molar-refractivity contribution is 6.42. The molecule has 1 atom stereocenters. The third-order valence-electron chi connectivity index (χ3n) is 3.19. The van der Waals surface area contributed by atoms with Crippen LogP contribution < -0.4 is 5.32 Å². The van der Waals surface area contributed by atoms with Crippen molar-refractivity contribution in [2.45, 2.75) is 25.8 Å². The van der Waals surface area contributed by atoms with E-state index in [9.17, 15) is 0 Å². The van der Waals surface area contributed by atoms with E-state index >= 15 is 0 Å². The first-order valence-electron chi connectivity index (χ1n) is 6.76. The summed E-state index contributed by atoms with van der Waals surface area (Å²) >= 11 is 12.0. The Kier molecular flexibility index (Phi) is 5.46. The van der Waals surface area contributed by atoms with Crippen LogP contribution in [0.3, 0.4) is 0 Å². The monoisotopic (exact) mass is 311 g/mol. The molecule has 2 rings (SSSR count). The van der Waals surface area contributed by atoms with Gasteiger partial charge in [0.05, 0.1) is 16.2 Å².